The van der Waals surface area contributed by atoms with Gasteiger partial charge in [-0.25, -0.2) is 8.42 Å². The van der Waals surface area contributed by atoms with Gasteiger partial charge in [-0.3, -0.25) is 13.9 Å². The molecular weight excluding hydrogens is 565 g/mol. The Morgan fingerprint density at radius 3 is 2.29 bits per heavy atom. The summed E-state index contributed by atoms with van der Waals surface area (Å²) in [5.41, 5.74) is 0.907. The molecule has 2 aromatic carbocycles. The molecule has 0 aliphatic heterocycles. The van der Waals surface area contributed by atoms with Gasteiger partial charge in [0.25, 0.3) is 0 Å². The molecule has 0 radical (unpaired) electrons. The standard InChI is InChI=1S/C23H28BrCl2N3O4S/c1-5-20(23(31)27-15(2)3)28(13-16-10-11-17(25)12-19(16)26)22(30)14-29(34(4,32)33)21-9-7-6-8-18(21)24/h6-12,15,20H,5,13-14H2,1-4H3,(H,27,31)/t20-/m0/s1. The lowest BCUT2D eigenvalue weighted by atomic mass is 10.1. The molecule has 0 heterocycles. The third kappa shape index (κ3) is 7.60. The van der Waals surface area contributed by atoms with Gasteiger partial charge in [0, 0.05) is 27.1 Å². The van der Waals surface area contributed by atoms with Crippen molar-refractivity contribution >= 4 is 66.7 Å². The lowest BCUT2D eigenvalue weighted by Gasteiger charge is -2.33. The number of carbonyl (C=O) groups excluding carboxylic acids is 2. The fourth-order valence-corrected chi connectivity index (χ4v) is 5.33. The van der Waals surface area contributed by atoms with Gasteiger partial charge in [-0.15, -0.1) is 0 Å². The molecule has 0 aromatic heterocycles. The number of amides is 2. The Morgan fingerprint density at radius 1 is 1.12 bits per heavy atom. The van der Waals surface area contributed by atoms with Gasteiger partial charge in [0.15, 0.2) is 0 Å². The predicted octanol–water partition coefficient (Wildman–Crippen LogP) is 4.85. The molecule has 2 amide bonds. The Morgan fingerprint density at radius 2 is 1.76 bits per heavy atom. The highest BCUT2D eigenvalue weighted by atomic mass is 79.9. The van der Waals surface area contributed by atoms with E-state index in [-0.39, 0.29) is 18.5 Å². The lowest BCUT2D eigenvalue weighted by molar-refractivity contribution is -0.140. The quantitative estimate of drug-likeness (QED) is 0.427. The summed E-state index contributed by atoms with van der Waals surface area (Å²) < 4.78 is 26.8. The summed E-state index contributed by atoms with van der Waals surface area (Å²) in [5, 5.41) is 3.62. The number of para-hydroxylation sites is 1. The minimum Gasteiger partial charge on any atom is -0.352 e. The number of sulfonamides is 1. The molecule has 11 heteroatoms. The third-order valence-electron chi connectivity index (χ3n) is 4.97. The molecule has 1 atom stereocenters. The van der Waals surface area contributed by atoms with Gasteiger partial charge in [-0.1, -0.05) is 48.3 Å². The van der Waals surface area contributed by atoms with Crippen molar-refractivity contribution in [3.05, 3.63) is 62.5 Å². The summed E-state index contributed by atoms with van der Waals surface area (Å²) in [6.45, 7) is 4.96. The number of carbonyl (C=O) groups is 2. The maximum Gasteiger partial charge on any atom is 0.244 e. The molecule has 0 aliphatic rings. The minimum atomic E-state index is -3.82. The average molecular weight is 593 g/mol. The molecule has 2 rings (SSSR count). The van der Waals surface area contributed by atoms with Gasteiger partial charge in [-0.05, 0) is 66.0 Å². The van der Waals surface area contributed by atoms with E-state index in [2.05, 4.69) is 21.2 Å². The van der Waals surface area contributed by atoms with Gasteiger partial charge in [0.05, 0.1) is 11.9 Å². The van der Waals surface area contributed by atoms with E-state index in [4.69, 9.17) is 23.2 Å². The zero-order chi connectivity index (χ0) is 25.6. The Balaban J connectivity index is 2.49. The molecule has 0 saturated heterocycles. The fourth-order valence-electron chi connectivity index (χ4n) is 3.38. The molecule has 7 nitrogen and oxygen atoms in total. The number of anilines is 1. The number of rotatable bonds is 10. The van der Waals surface area contributed by atoms with E-state index in [0.717, 1.165) is 10.6 Å². The van der Waals surface area contributed by atoms with Crippen LogP contribution in [0.25, 0.3) is 0 Å². The minimum absolute atomic E-state index is 0.00637. The molecule has 186 valence electrons. The molecule has 0 bridgehead atoms. The van der Waals surface area contributed by atoms with Gasteiger partial charge in [0.2, 0.25) is 21.8 Å². The molecular formula is C23H28BrCl2N3O4S. The number of benzene rings is 2. The summed E-state index contributed by atoms with van der Waals surface area (Å²) in [7, 11) is -3.82. The van der Waals surface area contributed by atoms with E-state index >= 15 is 0 Å². The van der Waals surface area contributed by atoms with Crippen molar-refractivity contribution in [2.75, 3.05) is 17.1 Å². The zero-order valence-corrected chi connectivity index (χ0v) is 23.3. The molecule has 0 fully saturated rings. The van der Waals surface area contributed by atoms with E-state index < -0.39 is 28.5 Å². The number of halogens is 3. The third-order valence-corrected chi connectivity index (χ3v) is 7.36. The monoisotopic (exact) mass is 591 g/mol. The Labute approximate surface area is 219 Å². The van der Waals surface area contributed by atoms with Crippen molar-refractivity contribution in [2.24, 2.45) is 0 Å². The molecule has 34 heavy (non-hydrogen) atoms. The van der Waals surface area contributed by atoms with Gasteiger partial charge < -0.3 is 10.2 Å². The number of hydrogen-bond donors (Lipinski definition) is 1. The molecule has 1 N–H and O–H groups in total. The first-order chi connectivity index (χ1) is 15.8. The second-order valence-electron chi connectivity index (χ2n) is 8.07. The van der Waals surface area contributed by atoms with E-state index in [1.54, 1.807) is 49.4 Å². The zero-order valence-electron chi connectivity index (χ0n) is 19.4. The normalized spacial score (nSPS) is 12.4. The van der Waals surface area contributed by atoms with Crippen LogP contribution < -0.4 is 9.62 Å². The maximum absolute atomic E-state index is 13.6. The summed E-state index contributed by atoms with van der Waals surface area (Å²) >= 11 is 15.7. The fraction of sp³-hybridized carbons (Fsp3) is 0.391. The maximum atomic E-state index is 13.6. The molecule has 0 unspecified atom stereocenters. The van der Waals surface area contributed by atoms with Crippen LogP contribution in [0, 0.1) is 0 Å². The highest BCUT2D eigenvalue weighted by molar-refractivity contribution is 9.10. The van der Waals surface area contributed by atoms with Crippen molar-refractivity contribution < 1.29 is 18.0 Å². The summed E-state index contributed by atoms with van der Waals surface area (Å²) in [4.78, 5) is 27.9. The van der Waals surface area contributed by atoms with Crippen molar-refractivity contribution in [3.63, 3.8) is 0 Å². The van der Waals surface area contributed by atoms with Crippen LogP contribution in [0.15, 0.2) is 46.9 Å². The topological polar surface area (TPSA) is 86.8 Å². The predicted molar refractivity (Wildman–Crippen MR) is 141 cm³/mol. The van der Waals surface area contributed by atoms with Gasteiger partial charge >= 0.3 is 0 Å². The lowest BCUT2D eigenvalue weighted by Crippen LogP contribution is -2.53. The SMILES string of the molecule is CC[C@@H](C(=O)NC(C)C)N(Cc1ccc(Cl)cc1Cl)C(=O)CN(c1ccccc1Br)S(C)(=O)=O. The summed E-state index contributed by atoms with van der Waals surface area (Å²) in [5.74, 6) is -0.874. The van der Waals surface area contributed by atoms with Crippen molar-refractivity contribution in [2.45, 2.75) is 45.8 Å². The van der Waals surface area contributed by atoms with Crippen LogP contribution in [0.2, 0.25) is 10.0 Å². The van der Waals surface area contributed by atoms with Crippen molar-refractivity contribution in [3.8, 4) is 0 Å². The van der Waals surface area contributed by atoms with Crippen molar-refractivity contribution in [1.29, 1.82) is 0 Å². The van der Waals surface area contributed by atoms with Crippen molar-refractivity contribution in [1.82, 2.24) is 10.2 Å². The molecule has 0 saturated carbocycles. The highest BCUT2D eigenvalue weighted by Gasteiger charge is 2.32. The highest BCUT2D eigenvalue weighted by Crippen LogP contribution is 2.29. The van der Waals surface area contributed by atoms with Crippen LogP contribution in [0.3, 0.4) is 0 Å². The molecule has 0 aliphatic carbocycles. The smallest absolute Gasteiger partial charge is 0.244 e. The second-order valence-corrected chi connectivity index (χ2v) is 11.7. The van der Waals surface area contributed by atoms with Crippen LogP contribution in [0.4, 0.5) is 5.69 Å². The average Bonchev–Trinajstić information content (AvgIpc) is 2.72. The van der Waals surface area contributed by atoms with Gasteiger partial charge in [0.1, 0.15) is 12.6 Å². The Kier molecular flexibility index (Phi) is 10.2. The van der Waals surface area contributed by atoms with E-state index in [0.29, 0.717) is 32.2 Å². The largest absolute Gasteiger partial charge is 0.352 e. The summed E-state index contributed by atoms with van der Waals surface area (Å²) in [6.07, 6.45) is 1.35. The second kappa shape index (κ2) is 12.2. The number of nitrogens with zero attached hydrogens (tertiary/aromatic N) is 2. The van der Waals surface area contributed by atoms with Crippen LogP contribution in [0.5, 0.6) is 0 Å². The van der Waals surface area contributed by atoms with Crippen LogP contribution in [-0.2, 0) is 26.2 Å². The summed E-state index contributed by atoms with van der Waals surface area (Å²) in [6, 6.07) is 10.6. The molecule has 2 aromatic rings. The Hall–Kier alpha value is -1.81. The first kappa shape index (κ1) is 28.4. The van der Waals surface area contributed by atoms with E-state index in [9.17, 15) is 18.0 Å². The van der Waals surface area contributed by atoms with E-state index in [1.165, 1.54) is 4.90 Å². The first-order valence-electron chi connectivity index (χ1n) is 10.6. The van der Waals surface area contributed by atoms with Crippen LogP contribution >= 0.6 is 39.1 Å². The van der Waals surface area contributed by atoms with E-state index in [1.807, 2.05) is 13.8 Å². The first-order valence-corrected chi connectivity index (χ1v) is 14.0. The Bertz CT molecular complexity index is 1140. The van der Waals surface area contributed by atoms with Crippen LogP contribution in [-0.4, -0.2) is 50.0 Å². The van der Waals surface area contributed by atoms with Crippen LogP contribution in [0.1, 0.15) is 32.8 Å². The van der Waals surface area contributed by atoms with Gasteiger partial charge in [-0.2, -0.15) is 0 Å². The number of hydrogen-bond acceptors (Lipinski definition) is 4. The molecule has 0 spiro atoms. The number of nitrogens with one attached hydrogen (secondary N) is 1.